The SMILES string of the molecule is Nc1cncc(N2CCC(C3CCN(c4ncc(Cl)cn4)CC3)CC2)n1. The van der Waals surface area contributed by atoms with Gasteiger partial charge < -0.3 is 15.5 Å². The molecule has 0 spiro atoms. The van der Waals surface area contributed by atoms with E-state index in [0.717, 1.165) is 49.8 Å². The number of hydrogen-bond acceptors (Lipinski definition) is 7. The summed E-state index contributed by atoms with van der Waals surface area (Å²) in [5.74, 6) is 3.75. The lowest BCUT2D eigenvalue weighted by atomic mass is 9.79. The van der Waals surface area contributed by atoms with Gasteiger partial charge in [-0.25, -0.2) is 15.0 Å². The second-order valence-electron chi connectivity index (χ2n) is 7.15. The molecule has 0 aromatic carbocycles. The zero-order chi connectivity index (χ0) is 17.9. The van der Waals surface area contributed by atoms with Crippen LogP contribution in [-0.2, 0) is 0 Å². The normalized spacial score (nSPS) is 19.7. The van der Waals surface area contributed by atoms with Gasteiger partial charge in [-0.3, -0.25) is 4.98 Å². The molecule has 138 valence electrons. The average molecular weight is 374 g/mol. The molecule has 2 aromatic heterocycles. The monoisotopic (exact) mass is 373 g/mol. The number of aromatic nitrogens is 4. The van der Waals surface area contributed by atoms with Crippen molar-refractivity contribution in [1.29, 1.82) is 0 Å². The summed E-state index contributed by atoms with van der Waals surface area (Å²) in [7, 11) is 0. The van der Waals surface area contributed by atoms with E-state index >= 15 is 0 Å². The lowest BCUT2D eigenvalue weighted by Gasteiger charge is -2.40. The van der Waals surface area contributed by atoms with Crippen LogP contribution in [0.15, 0.2) is 24.8 Å². The predicted molar refractivity (Wildman–Crippen MR) is 103 cm³/mol. The Morgan fingerprint density at radius 1 is 0.846 bits per heavy atom. The number of halogens is 1. The maximum absolute atomic E-state index is 5.88. The molecule has 0 unspecified atom stereocenters. The van der Waals surface area contributed by atoms with E-state index in [0.29, 0.717) is 10.8 Å². The molecule has 0 saturated carbocycles. The molecule has 2 fully saturated rings. The Hall–Kier alpha value is -2.15. The van der Waals surface area contributed by atoms with E-state index in [9.17, 15) is 0 Å². The molecule has 0 aliphatic carbocycles. The molecule has 0 bridgehead atoms. The smallest absolute Gasteiger partial charge is 0.225 e. The Kier molecular flexibility index (Phi) is 5.06. The van der Waals surface area contributed by atoms with Gasteiger partial charge in [-0.15, -0.1) is 0 Å². The third-order valence-electron chi connectivity index (χ3n) is 5.60. The molecule has 4 rings (SSSR count). The van der Waals surface area contributed by atoms with Gasteiger partial charge in [0.2, 0.25) is 5.95 Å². The van der Waals surface area contributed by atoms with Gasteiger partial charge in [0.25, 0.3) is 0 Å². The van der Waals surface area contributed by atoms with Gasteiger partial charge in [0, 0.05) is 26.2 Å². The molecule has 2 aliphatic heterocycles. The minimum absolute atomic E-state index is 0.487. The maximum Gasteiger partial charge on any atom is 0.225 e. The van der Waals surface area contributed by atoms with Crippen LogP contribution in [0, 0.1) is 11.8 Å². The van der Waals surface area contributed by atoms with Crippen molar-refractivity contribution in [3.63, 3.8) is 0 Å². The highest BCUT2D eigenvalue weighted by Gasteiger charge is 2.30. The van der Waals surface area contributed by atoms with Gasteiger partial charge in [0.15, 0.2) is 0 Å². The summed E-state index contributed by atoms with van der Waals surface area (Å²) in [6, 6.07) is 0. The van der Waals surface area contributed by atoms with Crippen molar-refractivity contribution in [2.24, 2.45) is 11.8 Å². The van der Waals surface area contributed by atoms with E-state index in [1.807, 2.05) is 0 Å². The zero-order valence-corrected chi connectivity index (χ0v) is 15.5. The molecular formula is C18H24ClN7. The van der Waals surface area contributed by atoms with Gasteiger partial charge in [-0.05, 0) is 37.5 Å². The van der Waals surface area contributed by atoms with E-state index in [1.165, 1.54) is 25.7 Å². The first kappa shape index (κ1) is 17.3. The number of rotatable bonds is 3. The van der Waals surface area contributed by atoms with Crippen molar-refractivity contribution >= 4 is 29.2 Å². The first-order chi connectivity index (χ1) is 12.7. The lowest BCUT2D eigenvalue weighted by Crippen LogP contribution is -2.41. The molecule has 0 atom stereocenters. The fourth-order valence-electron chi connectivity index (χ4n) is 4.16. The van der Waals surface area contributed by atoms with Crippen LogP contribution in [0.4, 0.5) is 17.6 Å². The quantitative estimate of drug-likeness (QED) is 0.885. The van der Waals surface area contributed by atoms with Crippen molar-refractivity contribution in [3.8, 4) is 0 Å². The topological polar surface area (TPSA) is 84.1 Å². The van der Waals surface area contributed by atoms with Crippen molar-refractivity contribution in [2.75, 3.05) is 41.7 Å². The molecular weight excluding hydrogens is 350 g/mol. The molecule has 0 radical (unpaired) electrons. The first-order valence-electron chi connectivity index (χ1n) is 9.24. The van der Waals surface area contributed by atoms with Crippen molar-refractivity contribution in [1.82, 2.24) is 19.9 Å². The highest BCUT2D eigenvalue weighted by Crippen LogP contribution is 2.34. The number of anilines is 3. The molecule has 2 aliphatic rings. The number of nitrogen functional groups attached to an aromatic ring is 1. The van der Waals surface area contributed by atoms with Crippen LogP contribution in [0.3, 0.4) is 0 Å². The summed E-state index contributed by atoms with van der Waals surface area (Å²) >= 11 is 5.88. The number of piperidine rings is 2. The first-order valence-corrected chi connectivity index (χ1v) is 9.62. The third kappa shape index (κ3) is 3.82. The van der Waals surface area contributed by atoms with Crippen LogP contribution >= 0.6 is 11.6 Å². The third-order valence-corrected chi connectivity index (χ3v) is 5.80. The van der Waals surface area contributed by atoms with E-state index in [1.54, 1.807) is 24.8 Å². The summed E-state index contributed by atoms with van der Waals surface area (Å²) in [5, 5.41) is 0.584. The summed E-state index contributed by atoms with van der Waals surface area (Å²) in [5.41, 5.74) is 5.76. The molecule has 2 aromatic rings. The fourth-order valence-corrected chi connectivity index (χ4v) is 4.26. The van der Waals surface area contributed by atoms with Crippen LogP contribution in [0.25, 0.3) is 0 Å². The zero-order valence-electron chi connectivity index (χ0n) is 14.8. The Morgan fingerprint density at radius 3 is 2.00 bits per heavy atom. The number of nitrogens with zero attached hydrogens (tertiary/aromatic N) is 6. The van der Waals surface area contributed by atoms with Gasteiger partial charge in [-0.2, -0.15) is 0 Å². The largest absolute Gasteiger partial charge is 0.382 e. The summed E-state index contributed by atoms with van der Waals surface area (Å²) in [6.07, 6.45) is 11.6. The van der Waals surface area contributed by atoms with Crippen LogP contribution in [0.2, 0.25) is 5.02 Å². The van der Waals surface area contributed by atoms with E-state index < -0.39 is 0 Å². The van der Waals surface area contributed by atoms with Gasteiger partial charge in [0.05, 0.1) is 29.8 Å². The van der Waals surface area contributed by atoms with Crippen LogP contribution in [0.1, 0.15) is 25.7 Å². The Balaban J connectivity index is 1.29. The highest BCUT2D eigenvalue weighted by atomic mass is 35.5. The standard InChI is InChI=1S/C18H24ClN7/c19-15-9-22-18(23-10-15)26-7-3-14(4-8-26)13-1-5-25(6-2-13)17-12-21-11-16(20)24-17/h9-14H,1-8H2,(H2,20,24). The van der Waals surface area contributed by atoms with E-state index in [-0.39, 0.29) is 0 Å². The van der Waals surface area contributed by atoms with Crippen LogP contribution in [-0.4, -0.2) is 46.1 Å². The minimum atomic E-state index is 0.487. The van der Waals surface area contributed by atoms with Crippen LogP contribution < -0.4 is 15.5 Å². The van der Waals surface area contributed by atoms with Crippen molar-refractivity contribution in [2.45, 2.75) is 25.7 Å². The molecule has 8 heteroatoms. The lowest BCUT2D eigenvalue weighted by molar-refractivity contribution is 0.232. The number of hydrogen-bond donors (Lipinski definition) is 1. The summed E-state index contributed by atoms with van der Waals surface area (Å²) < 4.78 is 0. The van der Waals surface area contributed by atoms with Crippen molar-refractivity contribution in [3.05, 3.63) is 29.8 Å². The second-order valence-corrected chi connectivity index (χ2v) is 7.59. The highest BCUT2D eigenvalue weighted by molar-refractivity contribution is 6.30. The average Bonchev–Trinajstić information content (AvgIpc) is 2.69. The van der Waals surface area contributed by atoms with Gasteiger partial charge in [-0.1, -0.05) is 11.6 Å². The molecule has 2 saturated heterocycles. The van der Waals surface area contributed by atoms with E-state index in [4.69, 9.17) is 17.3 Å². The number of nitrogens with two attached hydrogens (primary N) is 1. The second kappa shape index (κ2) is 7.61. The minimum Gasteiger partial charge on any atom is -0.382 e. The molecule has 2 N–H and O–H groups in total. The fraction of sp³-hybridized carbons (Fsp3) is 0.556. The Morgan fingerprint density at radius 2 is 1.42 bits per heavy atom. The maximum atomic E-state index is 5.88. The van der Waals surface area contributed by atoms with Crippen LogP contribution in [0.5, 0.6) is 0 Å². The van der Waals surface area contributed by atoms with Gasteiger partial charge >= 0.3 is 0 Å². The molecule has 0 amide bonds. The predicted octanol–water partition coefficient (Wildman–Crippen LogP) is 2.64. The van der Waals surface area contributed by atoms with Crippen molar-refractivity contribution < 1.29 is 0 Å². The molecule has 4 heterocycles. The Bertz CT molecular complexity index is 723. The van der Waals surface area contributed by atoms with E-state index in [2.05, 4.69) is 29.7 Å². The Labute approximate surface area is 158 Å². The van der Waals surface area contributed by atoms with Gasteiger partial charge in [0.1, 0.15) is 11.6 Å². The molecule has 26 heavy (non-hydrogen) atoms. The molecule has 7 nitrogen and oxygen atoms in total. The summed E-state index contributed by atoms with van der Waals surface area (Å²) in [4.78, 5) is 21.8. The summed E-state index contributed by atoms with van der Waals surface area (Å²) in [6.45, 7) is 4.10.